The molecule has 0 aliphatic rings. The van der Waals surface area contributed by atoms with E-state index in [1.54, 1.807) is 7.11 Å². The highest BCUT2D eigenvalue weighted by molar-refractivity contribution is 5.94. The number of hydrogen-bond donors (Lipinski definition) is 1. The normalized spacial score (nSPS) is 10.6. The fraction of sp³-hybridized carbons (Fsp3) is 0.350. The molecule has 0 aliphatic carbocycles. The highest BCUT2D eigenvalue weighted by atomic mass is 16.5. The van der Waals surface area contributed by atoms with E-state index in [9.17, 15) is 4.79 Å². The third-order valence-electron chi connectivity index (χ3n) is 3.79. The number of nitrogens with one attached hydrogen (secondary N) is 1. The lowest BCUT2D eigenvalue weighted by molar-refractivity contribution is 0.0952. The Morgan fingerprint density at radius 1 is 1.00 bits per heavy atom. The largest absolute Gasteiger partial charge is 0.497 e. The first-order chi connectivity index (χ1) is 11.1. The number of ether oxygens (including phenoxy) is 1. The van der Waals surface area contributed by atoms with Crippen LogP contribution in [-0.4, -0.2) is 19.6 Å². The quantitative estimate of drug-likeness (QED) is 0.837. The van der Waals surface area contributed by atoms with Gasteiger partial charge in [0, 0.05) is 12.1 Å². The molecule has 0 saturated heterocycles. The van der Waals surface area contributed by atoms with Crippen molar-refractivity contribution in [3.8, 4) is 5.75 Å². The van der Waals surface area contributed by atoms with Gasteiger partial charge in [-0.25, -0.2) is 0 Å². The average Bonchev–Trinajstić information content (AvgIpc) is 2.56. The summed E-state index contributed by atoms with van der Waals surface area (Å²) in [6.45, 7) is 5.03. The lowest BCUT2D eigenvalue weighted by Crippen LogP contribution is -2.25. The molecule has 0 aromatic heterocycles. The number of benzene rings is 2. The molecule has 0 bridgehead atoms. The highest BCUT2D eigenvalue weighted by Crippen LogP contribution is 2.15. The van der Waals surface area contributed by atoms with Crippen molar-refractivity contribution in [1.29, 1.82) is 0 Å². The first kappa shape index (κ1) is 17.1. The van der Waals surface area contributed by atoms with Gasteiger partial charge in [-0.15, -0.1) is 0 Å². The van der Waals surface area contributed by atoms with Gasteiger partial charge in [-0.2, -0.15) is 0 Å². The van der Waals surface area contributed by atoms with Crippen LogP contribution in [0.1, 0.15) is 41.8 Å². The van der Waals surface area contributed by atoms with E-state index in [4.69, 9.17) is 4.74 Å². The van der Waals surface area contributed by atoms with Crippen molar-refractivity contribution in [3.05, 3.63) is 65.2 Å². The van der Waals surface area contributed by atoms with Gasteiger partial charge in [-0.05, 0) is 54.2 Å². The van der Waals surface area contributed by atoms with Gasteiger partial charge >= 0.3 is 0 Å². The first-order valence-electron chi connectivity index (χ1n) is 8.08. The molecule has 3 nitrogen and oxygen atoms in total. The average molecular weight is 311 g/mol. The molecule has 0 atom stereocenters. The summed E-state index contributed by atoms with van der Waals surface area (Å²) in [5, 5.41) is 2.96. The van der Waals surface area contributed by atoms with Gasteiger partial charge in [0.25, 0.3) is 5.91 Å². The zero-order valence-electron chi connectivity index (χ0n) is 14.1. The van der Waals surface area contributed by atoms with Crippen molar-refractivity contribution < 1.29 is 9.53 Å². The Bertz CT molecular complexity index is 615. The molecule has 0 spiro atoms. The van der Waals surface area contributed by atoms with Crippen LogP contribution in [0.4, 0.5) is 0 Å². The Hall–Kier alpha value is -2.29. The number of hydrogen-bond acceptors (Lipinski definition) is 2. The second-order valence-corrected chi connectivity index (χ2v) is 6.16. The molecule has 0 heterocycles. The van der Waals surface area contributed by atoms with E-state index in [0.717, 1.165) is 25.1 Å². The van der Waals surface area contributed by atoms with Crippen LogP contribution >= 0.6 is 0 Å². The van der Waals surface area contributed by atoms with Crippen LogP contribution in [0.25, 0.3) is 0 Å². The number of rotatable bonds is 7. The molecule has 0 fully saturated rings. The van der Waals surface area contributed by atoms with E-state index < -0.39 is 0 Å². The summed E-state index contributed by atoms with van der Waals surface area (Å²) >= 11 is 0. The van der Waals surface area contributed by atoms with Gasteiger partial charge in [0.1, 0.15) is 5.75 Å². The number of methoxy groups -OCH3 is 1. The zero-order chi connectivity index (χ0) is 16.7. The lowest BCUT2D eigenvalue weighted by atomic mass is 10.0. The van der Waals surface area contributed by atoms with Crippen LogP contribution in [0.5, 0.6) is 5.75 Å². The Kier molecular flexibility index (Phi) is 6.21. The van der Waals surface area contributed by atoms with Crippen LogP contribution in [0.2, 0.25) is 0 Å². The van der Waals surface area contributed by atoms with Crippen LogP contribution in [0, 0.1) is 5.92 Å². The van der Waals surface area contributed by atoms with Gasteiger partial charge in [0.15, 0.2) is 0 Å². The van der Waals surface area contributed by atoms with Crippen LogP contribution in [0.3, 0.4) is 0 Å². The zero-order valence-corrected chi connectivity index (χ0v) is 14.1. The van der Waals surface area contributed by atoms with Gasteiger partial charge in [0.2, 0.25) is 0 Å². The lowest BCUT2D eigenvalue weighted by Gasteiger charge is -2.08. The minimum absolute atomic E-state index is 0.00153. The molecule has 3 heteroatoms. The van der Waals surface area contributed by atoms with Crippen molar-refractivity contribution >= 4 is 5.91 Å². The van der Waals surface area contributed by atoms with E-state index in [1.165, 1.54) is 11.1 Å². The smallest absolute Gasteiger partial charge is 0.251 e. The highest BCUT2D eigenvalue weighted by Gasteiger charge is 2.05. The molecule has 2 aromatic carbocycles. The van der Waals surface area contributed by atoms with E-state index in [1.807, 2.05) is 36.4 Å². The van der Waals surface area contributed by atoms with Crippen molar-refractivity contribution in [1.82, 2.24) is 5.32 Å². The fourth-order valence-electron chi connectivity index (χ4n) is 2.33. The van der Waals surface area contributed by atoms with E-state index in [2.05, 4.69) is 31.3 Å². The third-order valence-corrected chi connectivity index (χ3v) is 3.79. The second kappa shape index (κ2) is 8.37. The Balaban J connectivity index is 1.91. The second-order valence-electron chi connectivity index (χ2n) is 6.16. The Labute approximate surface area is 138 Å². The summed E-state index contributed by atoms with van der Waals surface area (Å²) in [5.41, 5.74) is 3.13. The molecule has 23 heavy (non-hydrogen) atoms. The van der Waals surface area contributed by atoms with Gasteiger partial charge in [-0.3, -0.25) is 4.79 Å². The van der Waals surface area contributed by atoms with Crippen LogP contribution in [-0.2, 0) is 6.42 Å². The molecule has 2 rings (SSSR count). The van der Waals surface area contributed by atoms with Crippen molar-refractivity contribution in [3.63, 3.8) is 0 Å². The van der Waals surface area contributed by atoms with Crippen molar-refractivity contribution in [2.75, 3.05) is 13.7 Å². The maximum absolute atomic E-state index is 12.0. The summed E-state index contributed by atoms with van der Waals surface area (Å²) in [6, 6.07) is 15.9. The molecule has 2 aromatic rings. The Morgan fingerprint density at radius 3 is 2.09 bits per heavy atom. The molecule has 0 saturated carbocycles. The topological polar surface area (TPSA) is 38.3 Å². The van der Waals surface area contributed by atoms with Crippen LogP contribution in [0.15, 0.2) is 48.5 Å². The van der Waals surface area contributed by atoms with Gasteiger partial charge < -0.3 is 10.1 Å². The molecule has 1 N–H and O–H groups in total. The fourth-order valence-corrected chi connectivity index (χ4v) is 2.33. The summed E-state index contributed by atoms with van der Waals surface area (Å²) in [4.78, 5) is 12.0. The van der Waals surface area contributed by atoms with E-state index >= 15 is 0 Å². The van der Waals surface area contributed by atoms with E-state index in [0.29, 0.717) is 11.5 Å². The van der Waals surface area contributed by atoms with Crippen molar-refractivity contribution in [2.45, 2.75) is 26.7 Å². The summed E-state index contributed by atoms with van der Waals surface area (Å²) in [6.07, 6.45) is 1.85. The van der Waals surface area contributed by atoms with Crippen molar-refractivity contribution in [2.24, 2.45) is 5.92 Å². The first-order valence-corrected chi connectivity index (χ1v) is 8.08. The third kappa shape index (κ3) is 5.44. The monoisotopic (exact) mass is 311 g/mol. The maximum Gasteiger partial charge on any atom is 0.251 e. The molecular formula is C20H25NO2. The minimum Gasteiger partial charge on any atom is -0.497 e. The van der Waals surface area contributed by atoms with Gasteiger partial charge in [0.05, 0.1) is 7.11 Å². The SMILES string of the molecule is COc1ccc(Cc2ccc(C(=O)NCCC(C)C)cc2)cc1. The molecule has 0 unspecified atom stereocenters. The maximum atomic E-state index is 12.0. The molecule has 0 aliphatic heterocycles. The minimum atomic E-state index is 0.00153. The van der Waals surface area contributed by atoms with Crippen LogP contribution < -0.4 is 10.1 Å². The van der Waals surface area contributed by atoms with Gasteiger partial charge in [-0.1, -0.05) is 38.1 Å². The number of carbonyl (C=O) groups excluding carboxylic acids is 1. The predicted molar refractivity (Wildman–Crippen MR) is 94.0 cm³/mol. The molecular weight excluding hydrogens is 286 g/mol. The number of amides is 1. The summed E-state index contributed by atoms with van der Waals surface area (Å²) in [7, 11) is 1.67. The predicted octanol–water partition coefficient (Wildman–Crippen LogP) is 4.06. The standard InChI is InChI=1S/C20H25NO2/c1-15(2)12-13-21-20(22)18-8-4-16(5-9-18)14-17-6-10-19(23-3)11-7-17/h4-11,15H,12-14H2,1-3H3,(H,21,22). The molecule has 1 amide bonds. The molecule has 0 radical (unpaired) electrons. The Morgan fingerprint density at radius 2 is 1.57 bits per heavy atom. The summed E-state index contributed by atoms with van der Waals surface area (Å²) < 4.78 is 5.16. The summed E-state index contributed by atoms with van der Waals surface area (Å²) in [5.74, 6) is 1.46. The molecule has 122 valence electrons. The number of carbonyl (C=O) groups is 1. The van der Waals surface area contributed by atoms with E-state index in [-0.39, 0.29) is 5.91 Å².